The van der Waals surface area contributed by atoms with Gasteiger partial charge in [0.05, 0.1) is 23.8 Å². The number of carbonyl (C=O) groups excluding carboxylic acids is 2. The minimum absolute atomic E-state index is 0.0525. The number of hydrogen-bond acceptors (Lipinski definition) is 3. The maximum absolute atomic E-state index is 12.7. The highest BCUT2D eigenvalue weighted by atomic mass is 35.5. The fourth-order valence-electron chi connectivity index (χ4n) is 2.69. The van der Waals surface area contributed by atoms with Crippen molar-refractivity contribution in [3.8, 4) is 0 Å². The van der Waals surface area contributed by atoms with Crippen LogP contribution in [0, 0.1) is 0 Å². The molecule has 0 heterocycles. The molecular formula is C19H30ClN3O2. The molecule has 0 aromatic heterocycles. The Morgan fingerprint density at radius 3 is 2.16 bits per heavy atom. The summed E-state index contributed by atoms with van der Waals surface area (Å²) in [6.07, 6.45) is 1.82. The standard InChI is InChI=1S/C19H30ClN3O2/c1-6-14(3)23(15(4)7-2)19(25)13-22(5)12-18(24)21-17-11-9-8-10-16(17)20/h8-11,14-15H,6-7,12-13H2,1-5H3,(H,21,24)/t14-,15+. The third-order valence-electron chi connectivity index (χ3n) is 4.39. The lowest BCUT2D eigenvalue weighted by molar-refractivity contribution is -0.136. The first-order chi connectivity index (χ1) is 11.8. The molecule has 0 aliphatic rings. The minimum atomic E-state index is -0.193. The lowest BCUT2D eigenvalue weighted by atomic mass is 10.1. The van der Waals surface area contributed by atoms with E-state index >= 15 is 0 Å². The number of para-hydroxylation sites is 1. The van der Waals surface area contributed by atoms with Crippen LogP contribution in [0.4, 0.5) is 5.69 Å². The molecular weight excluding hydrogens is 338 g/mol. The van der Waals surface area contributed by atoms with Gasteiger partial charge in [-0.05, 0) is 45.9 Å². The smallest absolute Gasteiger partial charge is 0.238 e. The molecule has 1 rings (SSSR count). The summed E-state index contributed by atoms with van der Waals surface area (Å²) in [7, 11) is 1.77. The molecule has 5 nitrogen and oxygen atoms in total. The van der Waals surface area contributed by atoms with Crippen LogP contribution >= 0.6 is 11.6 Å². The van der Waals surface area contributed by atoms with E-state index in [9.17, 15) is 9.59 Å². The van der Waals surface area contributed by atoms with E-state index in [1.807, 2.05) is 11.0 Å². The molecule has 0 radical (unpaired) electrons. The first-order valence-corrected chi connectivity index (χ1v) is 9.21. The number of rotatable bonds is 9. The van der Waals surface area contributed by atoms with Crippen LogP contribution in [0.2, 0.25) is 5.02 Å². The van der Waals surface area contributed by atoms with Gasteiger partial charge in [0.1, 0.15) is 0 Å². The van der Waals surface area contributed by atoms with Crippen LogP contribution in [0.1, 0.15) is 40.5 Å². The molecule has 0 unspecified atom stereocenters. The van der Waals surface area contributed by atoms with Crippen LogP contribution < -0.4 is 5.32 Å². The molecule has 140 valence electrons. The lowest BCUT2D eigenvalue weighted by Gasteiger charge is -2.35. The molecule has 1 aromatic carbocycles. The molecule has 0 spiro atoms. The van der Waals surface area contributed by atoms with Crippen molar-refractivity contribution in [2.45, 2.75) is 52.6 Å². The second-order valence-electron chi connectivity index (χ2n) is 6.52. The summed E-state index contributed by atoms with van der Waals surface area (Å²) in [6.45, 7) is 8.63. The Morgan fingerprint density at radius 2 is 1.64 bits per heavy atom. The number of benzene rings is 1. The van der Waals surface area contributed by atoms with Crippen LogP contribution in [0.3, 0.4) is 0 Å². The fourth-order valence-corrected chi connectivity index (χ4v) is 2.87. The van der Waals surface area contributed by atoms with Gasteiger partial charge >= 0.3 is 0 Å². The highest BCUT2D eigenvalue weighted by Gasteiger charge is 2.24. The number of anilines is 1. The van der Waals surface area contributed by atoms with Crippen molar-refractivity contribution in [1.29, 1.82) is 0 Å². The molecule has 2 atom stereocenters. The van der Waals surface area contributed by atoms with E-state index in [0.717, 1.165) is 12.8 Å². The summed E-state index contributed by atoms with van der Waals surface area (Å²) in [4.78, 5) is 28.5. The molecule has 6 heteroatoms. The van der Waals surface area contributed by atoms with E-state index in [0.29, 0.717) is 10.7 Å². The first-order valence-electron chi connectivity index (χ1n) is 8.84. The molecule has 1 aromatic rings. The minimum Gasteiger partial charge on any atom is -0.336 e. The zero-order valence-electron chi connectivity index (χ0n) is 15.9. The Morgan fingerprint density at radius 1 is 1.08 bits per heavy atom. The molecule has 0 aliphatic heterocycles. The van der Waals surface area contributed by atoms with Gasteiger partial charge in [-0.15, -0.1) is 0 Å². The number of nitrogens with one attached hydrogen (secondary N) is 1. The van der Waals surface area contributed by atoms with Crippen LogP contribution in [-0.4, -0.2) is 53.8 Å². The molecule has 1 N–H and O–H groups in total. The van der Waals surface area contributed by atoms with Crippen molar-refractivity contribution in [2.75, 3.05) is 25.5 Å². The van der Waals surface area contributed by atoms with Crippen LogP contribution in [0.25, 0.3) is 0 Å². The largest absolute Gasteiger partial charge is 0.336 e. The Labute approximate surface area is 156 Å². The van der Waals surface area contributed by atoms with Crippen molar-refractivity contribution < 1.29 is 9.59 Å². The number of nitrogens with zero attached hydrogens (tertiary/aromatic N) is 2. The van der Waals surface area contributed by atoms with Gasteiger partial charge in [0.25, 0.3) is 0 Å². The molecule has 0 saturated carbocycles. The van der Waals surface area contributed by atoms with E-state index in [1.54, 1.807) is 30.1 Å². The zero-order chi connectivity index (χ0) is 19.0. The van der Waals surface area contributed by atoms with Gasteiger partial charge in [0.2, 0.25) is 11.8 Å². The van der Waals surface area contributed by atoms with Crippen LogP contribution in [0.5, 0.6) is 0 Å². The quantitative estimate of drug-likeness (QED) is 0.725. The van der Waals surface area contributed by atoms with Gasteiger partial charge in [0, 0.05) is 12.1 Å². The third-order valence-corrected chi connectivity index (χ3v) is 4.72. The Kier molecular flexibility index (Phi) is 8.93. The van der Waals surface area contributed by atoms with Gasteiger partial charge in [0.15, 0.2) is 0 Å². The second kappa shape index (κ2) is 10.4. The number of hydrogen-bond donors (Lipinski definition) is 1. The summed E-state index contributed by atoms with van der Waals surface area (Å²) in [5.74, 6) is -0.140. The number of amides is 2. The zero-order valence-corrected chi connectivity index (χ0v) is 16.6. The van der Waals surface area contributed by atoms with E-state index in [1.165, 1.54) is 0 Å². The molecule has 2 amide bonds. The molecule has 0 saturated heterocycles. The Balaban J connectivity index is 2.61. The van der Waals surface area contributed by atoms with Gasteiger partial charge < -0.3 is 10.2 Å². The van der Waals surface area contributed by atoms with Gasteiger partial charge in [-0.3, -0.25) is 14.5 Å². The summed E-state index contributed by atoms with van der Waals surface area (Å²) in [6, 6.07) is 7.46. The number of halogens is 1. The van der Waals surface area contributed by atoms with Crippen molar-refractivity contribution in [1.82, 2.24) is 9.80 Å². The van der Waals surface area contributed by atoms with E-state index in [4.69, 9.17) is 11.6 Å². The monoisotopic (exact) mass is 367 g/mol. The SMILES string of the molecule is CC[C@@H](C)N(C(=O)CN(C)CC(=O)Nc1ccccc1Cl)[C@@H](C)CC. The van der Waals surface area contributed by atoms with Crippen LogP contribution in [0.15, 0.2) is 24.3 Å². The predicted molar refractivity (Wildman–Crippen MR) is 104 cm³/mol. The van der Waals surface area contributed by atoms with E-state index in [2.05, 4.69) is 33.0 Å². The summed E-state index contributed by atoms with van der Waals surface area (Å²) < 4.78 is 0. The second-order valence-corrected chi connectivity index (χ2v) is 6.92. The van der Waals surface area contributed by atoms with Gasteiger partial charge in [-0.25, -0.2) is 0 Å². The Hall–Kier alpha value is -1.59. The topological polar surface area (TPSA) is 52.7 Å². The molecule has 25 heavy (non-hydrogen) atoms. The van der Waals surface area contributed by atoms with Gasteiger partial charge in [-0.1, -0.05) is 37.6 Å². The average molecular weight is 368 g/mol. The summed E-state index contributed by atoms with van der Waals surface area (Å²) >= 11 is 6.04. The Bertz CT molecular complexity index is 570. The normalized spacial score (nSPS) is 13.4. The van der Waals surface area contributed by atoms with Crippen molar-refractivity contribution in [2.24, 2.45) is 0 Å². The van der Waals surface area contributed by atoms with Crippen LogP contribution in [-0.2, 0) is 9.59 Å². The van der Waals surface area contributed by atoms with Gasteiger partial charge in [-0.2, -0.15) is 0 Å². The first kappa shape index (κ1) is 21.5. The third kappa shape index (κ3) is 6.67. The number of likely N-dealkylation sites (N-methyl/N-ethyl adjacent to an activating group) is 1. The highest BCUT2D eigenvalue weighted by Crippen LogP contribution is 2.20. The van der Waals surface area contributed by atoms with Crippen molar-refractivity contribution in [3.63, 3.8) is 0 Å². The molecule has 0 bridgehead atoms. The number of carbonyl (C=O) groups is 2. The molecule has 0 fully saturated rings. The lowest BCUT2D eigenvalue weighted by Crippen LogP contribution is -2.49. The molecule has 0 aliphatic carbocycles. The highest BCUT2D eigenvalue weighted by molar-refractivity contribution is 6.33. The maximum atomic E-state index is 12.7. The van der Waals surface area contributed by atoms with E-state index in [-0.39, 0.29) is 37.0 Å². The maximum Gasteiger partial charge on any atom is 0.238 e. The predicted octanol–water partition coefficient (Wildman–Crippen LogP) is 3.64. The summed E-state index contributed by atoms with van der Waals surface area (Å²) in [5.41, 5.74) is 0.578. The summed E-state index contributed by atoms with van der Waals surface area (Å²) in [5, 5.41) is 3.27. The van der Waals surface area contributed by atoms with Crippen molar-refractivity contribution >= 4 is 29.1 Å². The van der Waals surface area contributed by atoms with E-state index < -0.39 is 0 Å². The fraction of sp³-hybridized carbons (Fsp3) is 0.579. The van der Waals surface area contributed by atoms with Crippen molar-refractivity contribution in [3.05, 3.63) is 29.3 Å². The average Bonchev–Trinajstić information content (AvgIpc) is 2.56.